The number of hydroxylamine groups is 1. The molecular weight excluding hydrogens is 390 g/mol. The number of amides is 2. The maximum atomic E-state index is 12.6. The van der Waals surface area contributed by atoms with Crippen molar-refractivity contribution in [3.63, 3.8) is 0 Å². The number of hydrogen-bond donors (Lipinski definition) is 2. The van der Waals surface area contributed by atoms with Crippen LogP contribution in [0.2, 0.25) is 0 Å². The summed E-state index contributed by atoms with van der Waals surface area (Å²) in [6.07, 6.45) is 7.97. The Bertz CT molecular complexity index is 884. The molecule has 152 valence electrons. The molecule has 2 heterocycles. The average molecular weight is 414 g/mol. The predicted octanol–water partition coefficient (Wildman–Crippen LogP) is 3.44. The van der Waals surface area contributed by atoms with Crippen molar-refractivity contribution >= 4 is 36.4 Å². The van der Waals surface area contributed by atoms with E-state index in [9.17, 15) is 9.59 Å². The molecule has 0 radical (unpaired) electrons. The first-order valence-corrected chi connectivity index (χ1v) is 9.27. The van der Waals surface area contributed by atoms with Gasteiger partial charge in [0.15, 0.2) is 0 Å². The molecule has 3 rings (SSSR count). The van der Waals surface area contributed by atoms with Gasteiger partial charge in [-0.1, -0.05) is 36.4 Å². The minimum absolute atomic E-state index is 0. The smallest absolute Gasteiger partial charge is 0.267 e. The van der Waals surface area contributed by atoms with Crippen LogP contribution in [0.4, 0.5) is 0 Å². The van der Waals surface area contributed by atoms with E-state index in [0.717, 1.165) is 25.9 Å². The lowest BCUT2D eigenvalue weighted by atomic mass is 9.90. The number of pyridine rings is 1. The van der Waals surface area contributed by atoms with Crippen molar-refractivity contribution in [3.05, 3.63) is 77.6 Å². The number of piperidine rings is 1. The number of nitrogens with one attached hydrogen (secondary N) is 1. The first-order chi connectivity index (χ1) is 13.7. The Balaban J connectivity index is 0.00000300. The van der Waals surface area contributed by atoms with Gasteiger partial charge in [-0.15, -0.1) is 12.4 Å². The highest BCUT2D eigenvalue weighted by atomic mass is 35.5. The van der Waals surface area contributed by atoms with Gasteiger partial charge in [0.25, 0.3) is 5.91 Å². The Kier molecular flexibility index (Phi) is 8.58. The molecule has 2 N–H and O–H groups in total. The zero-order valence-corrected chi connectivity index (χ0v) is 16.7. The molecule has 1 fully saturated rings. The van der Waals surface area contributed by atoms with Crippen molar-refractivity contribution in [1.29, 1.82) is 0 Å². The van der Waals surface area contributed by atoms with Crippen LogP contribution in [-0.2, 0) is 9.59 Å². The Morgan fingerprint density at radius 2 is 1.72 bits per heavy atom. The number of halogens is 1. The third-order valence-corrected chi connectivity index (χ3v) is 4.71. The highest BCUT2D eigenvalue weighted by Crippen LogP contribution is 2.26. The first-order valence-electron chi connectivity index (χ1n) is 9.27. The van der Waals surface area contributed by atoms with E-state index < -0.39 is 5.91 Å². The summed E-state index contributed by atoms with van der Waals surface area (Å²) in [5, 5.41) is 8.50. The van der Waals surface area contributed by atoms with Gasteiger partial charge in [-0.25, -0.2) is 10.5 Å². The fourth-order valence-corrected chi connectivity index (χ4v) is 3.29. The Morgan fingerprint density at radius 1 is 1.03 bits per heavy atom. The molecule has 0 spiro atoms. The zero-order chi connectivity index (χ0) is 19.8. The van der Waals surface area contributed by atoms with Crippen molar-refractivity contribution in [1.82, 2.24) is 15.4 Å². The molecule has 0 saturated carbocycles. The average Bonchev–Trinajstić information content (AvgIpc) is 2.76. The van der Waals surface area contributed by atoms with E-state index >= 15 is 0 Å². The van der Waals surface area contributed by atoms with Crippen molar-refractivity contribution in [3.8, 4) is 0 Å². The van der Waals surface area contributed by atoms with Crippen LogP contribution in [0.5, 0.6) is 0 Å². The molecular formula is C22H24ClN3O3. The summed E-state index contributed by atoms with van der Waals surface area (Å²) in [5.74, 6) is -0.282. The van der Waals surface area contributed by atoms with Crippen molar-refractivity contribution in [2.24, 2.45) is 0 Å². The van der Waals surface area contributed by atoms with Crippen molar-refractivity contribution < 1.29 is 14.8 Å². The number of carbonyl (C=O) groups is 2. The maximum Gasteiger partial charge on any atom is 0.267 e. The van der Waals surface area contributed by atoms with E-state index in [1.807, 2.05) is 23.1 Å². The summed E-state index contributed by atoms with van der Waals surface area (Å²) in [6, 6.07) is 15.6. The molecule has 2 aromatic rings. The lowest BCUT2D eigenvalue weighted by Gasteiger charge is -2.32. The van der Waals surface area contributed by atoms with Gasteiger partial charge in [0.2, 0.25) is 5.91 Å². The number of rotatable bonds is 5. The molecule has 0 aliphatic carbocycles. The van der Waals surface area contributed by atoms with E-state index in [-0.39, 0.29) is 18.3 Å². The Labute approximate surface area is 176 Å². The molecule has 29 heavy (non-hydrogen) atoms. The van der Waals surface area contributed by atoms with Gasteiger partial charge in [-0.05, 0) is 42.7 Å². The Hall–Kier alpha value is -2.96. The summed E-state index contributed by atoms with van der Waals surface area (Å²) in [6.45, 7) is 1.48. The molecule has 1 saturated heterocycles. The van der Waals surface area contributed by atoms with Gasteiger partial charge < -0.3 is 4.90 Å². The quantitative estimate of drug-likeness (QED) is 0.447. The largest absolute Gasteiger partial charge is 0.339 e. The van der Waals surface area contributed by atoms with Gasteiger partial charge in [-0.3, -0.25) is 14.8 Å². The van der Waals surface area contributed by atoms with E-state index in [1.54, 1.807) is 30.4 Å². The SMILES string of the molecule is Cl.O=C(C=Cc1cccc(C=CC(=O)N2CCC[C@@H](c3ccccc3)C2)n1)NO. The van der Waals surface area contributed by atoms with Gasteiger partial charge >= 0.3 is 0 Å². The number of hydrogen-bond acceptors (Lipinski definition) is 4. The van der Waals surface area contributed by atoms with Crippen LogP contribution in [0, 0.1) is 0 Å². The lowest BCUT2D eigenvalue weighted by molar-refractivity contribution is -0.127. The van der Waals surface area contributed by atoms with Crippen LogP contribution < -0.4 is 5.48 Å². The molecule has 1 aliphatic rings. The molecule has 2 amide bonds. The summed E-state index contributed by atoms with van der Waals surface area (Å²) in [4.78, 5) is 29.9. The number of benzene rings is 1. The van der Waals surface area contributed by atoms with Crippen LogP contribution in [-0.4, -0.2) is 40.0 Å². The summed E-state index contributed by atoms with van der Waals surface area (Å²) < 4.78 is 0. The summed E-state index contributed by atoms with van der Waals surface area (Å²) >= 11 is 0. The van der Waals surface area contributed by atoms with Crippen molar-refractivity contribution in [2.75, 3.05) is 13.1 Å². The van der Waals surface area contributed by atoms with Crippen LogP contribution >= 0.6 is 12.4 Å². The molecule has 1 aromatic carbocycles. The number of likely N-dealkylation sites (tertiary alicyclic amines) is 1. The van der Waals surface area contributed by atoms with E-state index in [1.165, 1.54) is 23.2 Å². The second-order valence-electron chi connectivity index (χ2n) is 6.66. The number of nitrogens with zero attached hydrogens (tertiary/aromatic N) is 2. The van der Waals surface area contributed by atoms with E-state index in [4.69, 9.17) is 5.21 Å². The van der Waals surface area contributed by atoms with Gasteiger partial charge in [0.05, 0.1) is 11.4 Å². The van der Waals surface area contributed by atoms with Crippen LogP contribution in [0.1, 0.15) is 35.7 Å². The topological polar surface area (TPSA) is 82.5 Å². The maximum absolute atomic E-state index is 12.6. The molecule has 1 aliphatic heterocycles. The molecule has 1 atom stereocenters. The monoisotopic (exact) mass is 413 g/mol. The number of carbonyl (C=O) groups excluding carboxylic acids is 2. The van der Waals surface area contributed by atoms with Gasteiger partial charge in [0.1, 0.15) is 0 Å². The van der Waals surface area contributed by atoms with E-state index in [2.05, 4.69) is 17.1 Å². The highest BCUT2D eigenvalue weighted by molar-refractivity contribution is 5.92. The molecule has 0 unspecified atom stereocenters. The molecule has 6 nitrogen and oxygen atoms in total. The Morgan fingerprint density at radius 3 is 2.41 bits per heavy atom. The third kappa shape index (κ3) is 6.55. The predicted molar refractivity (Wildman–Crippen MR) is 114 cm³/mol. The third-order valence-electron chi connectivity index (χ3n) is 4.71. The summed E-state index contributed by atoms with van der Waals surface area (Å²) in [7, 11) is 0. The lowest BCUT2D eigenvalue weighted by Crippen LogP contribution is -2.38. The van der Waals surface area contributed by atoms with E-state index in [0.29, 0.717) is 17.3 Å². The zero-order valence-electron chi connectivity index (χ0n) is 15.9. The van der Waals surface area contributed by atoms with Gasteiger partial charge in [-0.2, -0.15) is 0 Å². The first kappa shape index (κ1) is 22.3. The fraction of sp³-hybridized carbons (Fsp3) is 0.227. The standard InChI is InChI=1S/C22H23N3O3.ClH/c26-21(24-28)13-11-19-9-4-10-20(23-19)12-14-22(27)25-15-5-8-18(16-25)17-6-2-1-3-7-17;/h1-4,6-7,9-14,18,28H,5,8,15-16H2,(H,24,26);1H/t18-;/m1./s1. The second kappa shape index (κ2) is 11.1. The van der Waals surface area contributed by atoms with Gasteiger partial charge in [0, 0.05) is 31.2 Å². The highest BCUT2D eigenvalue weighted by Gasteiger charge is 2.23. The molecule has 1 aromatic heterocycles. The number of aromatic nitrogens is 1. The second-order valence-corrected chi connectivity index (χ2v) is 6.66. The van der Waals surface area contributed by atoms with Crippen LogP contribution in [0.3, 0.4) is 0 Å². The van der Waals surface area contributed by atoms with Crippen molar-refractivity contribution in [2.45, 2.75) is 18.8 Å². The molecule has 0 bridgehead atoms. The minimum Gasteiger partial charge on any atom is -0.339 e. The summed E-state index contributed by atoms with van der Waals surface area (Å²) in [5.41, 5.74) is 3.98. The fourth-order valence-electron chi connectivity index (χ4n) is 3.29. The molecule has 7 heteroatoms. The normalized spacial score (nSPS) is 16.6. The van der Waals surface area contributed by atoms with Crippen LogP contribution in [0.25, 0.3) is 12.2 Å². The van der Waals surface area contributed by atoms with Crippen LogP contribution in [0.15, 0.2) is 60.7 Å². The minimum atomic E-state index is -0.629.